The molecule has 1 atom stereocenters. The van der Waals surface area contributed by atoms with E-state index < -0.39 is 0 Å². The number of nitrogens with one attached hydrogen (secondary N) is 1. The second-order valence-electron chi connectivity index (χ2n) is 4.03. The third-order valence-electron chi connectivity index (χ3n) is 2.73. The number of aromatic nitrogens is 1. The van der Waals surface area contributed by atoms with Gasteiger partial charge in [-0.15, -0.1) is 0 Å². The van der Waals surface area contributed by atoms with E-state index in [1.54, 1.807) is 0 Å². The van der Waals surface area contributed by atoms with Crippen LogP contribution in [0.3, 0.4) is 0 Å². The van der Waals surface area contributed by atoms with E-state index in [-0.39, 0.29) is 5.78 Å². The molecule has 0 amide bonds. The van der Waals surface area contributed by atoms with Gasteiger partial charge in [0.15, 0.2) is 17.4 Å². The summed E-state index contributed by atoms with van der Waals surface area (Å²) in [7, 11) is 0. The first kappa shape index (κ1) is 10.4. The summed E-state index contributed by atoms with van der Waals surface area (Å²) in [6.07, 6.45) is 5.98. The number of carbonyl (C=O) groups is 1. The molecule has 0 aliphatic carbocycles. The van der Waals surface area contributed by atoms with Gasteiger partial charge in [-0.05, 0) is 19.4 Å². The van der Waals surface area contributed by atoms with E-state index in [4.69, 9.17) is 4.42 Å². The van der Waals surface area contributed by atoms with Gasteiger partial charge in [0.05, 0.1) is 6.20 Å². The molecule has 1 unspecified atom stereocenters. The third kappa shape index (κ3) is 2.65. The SMILES string of the molecule is CC(=O)c1cnc(CC2CCCCN2)o1. The maximum absolute atomic E-state index is 11.0. The van der Waals surface area contributed by atoms with Crippen LogP contribution in [0.1, 0.15) is 42.6 Å². The van der Waals surface area contributed by atoms with Crippen LogP contribution in [-0.2, 0) is 6.42 Å². The fraction of sp³-hybridized carbons (Fsp3) is 0.636. The van der Waals surface area contributed by atoms with E-state index in [0.29, 0.717) is 17.7 Å². The maximum Gasteiger partial charge on any atom is 0.196 e. The van der Waals surface area contributed by atoms with Gasteiger partial charge in [-0.3, -0.25) is 4.79 Å². The molecule has 15 heavy (non-hydrogen) atoms. The van der Waals surface area contributed by atoms with Gasteiger partial charge in [-0.2, -0.15) is 0 Å². The number of nitrogens with zero attached hydrogens (tertiary/aromatic N) is 1. The Bertz CT molecular complexity index is 340. The first-order valence-electron chi connectivity index (χ1n) is 5.45. The van der Waals surface area contributed by atoms with Crippen molar-refractivity contribution in [3.8, 4) is 0 Å². The lowest BCUT2D eigenvalue weighted by molar-refractivity contribution is 0.0985. The van der Waals surface area contributed by atoms with Crippen molar-refractivity contribution in [3.05, 3.63) is 17.8 Å². The molecule has 0 spiro atoms. The van der Waals surface area contributed by atoms with Crippen molar-refractivity contribution in [2.45, 2.75) is 38.6 Å². The van der Waals surface area contributed by atoms with Crippen LogP contribution in [0.2, 0.25) is 0 Å². The zero-order valence-corrected chi connectivity index (χ0v) is 8.95. The molecule has 0 saturated carbocycles. The number of ketones is 1. The minimum absolute atomic E-state index is 0.0645. The number of carbonyl (C=O) groups excluding carboxylic acids is 1. The van der Waals surface area contributed by atoms with Crippen molar-refractivity contribution < 1.29 is 9.21 Å². The second kappa shape index (κ2) is 4.57. The Hall–Kier alpha value is -1.16. The van der Waals surface area contributed by atoms with Crippen LogP contribution in [-0.4, -0.2) is 23.4 Å². The highest BCUT2D eigenvalue weighted by molar-refractivity contribution is 5.90. The number of hydrogen-bond acceptors (Lipinski definition) is 4. The standard InChI is InChI=1S/C11H16N2O2/c1-8(14)10-7-13-11(15-10)6-9-4-2-3-5-12-9/h7,9,12H,2-6H2,1H3. The van der Waals surface area contributed by atoms with Crippen LogP contribution >= 0.6 is 0 Å². The zero-order chi connectivity index (χ0) is 10.7. The van der Waals surface area contributed by atoms with Crippen molar-refractivity contribution >= 4 is 5.78 Å². The molecule has 0 bridgehead atoms. The van der Waals surface area contributed by atoms with Crippen LogP contribution in [0.25, 0.3) is 0 Å². The third-order valence-corrected chi connectivity index (χ3v) is 2.73. The van der Waals surface area contributed by atoms with Gasteiger partial charge in [-0.25, -0.2) is 4.98 Å². The molecule has 82 valence electrons. The Morgan fingerprint density at radius 3 is 3.13 bits per heavy atom. The first-order valence-corrected chi connectivity index (χ1v) is 5.45. The molecule has 0 aromatic carbocycles. The maximum atomic E-state index is 11.0. The largest absolute Gasteiger partial charge is 0.438 e. The molecule has 1 aliphatic heterocycles. The summed E-state index contributed by atoms with van der Waals surface area (Å²) in [4.78, 5) is 15.1. The van der Waals surface area contributed by atoms with Crippen molar-refractivity contribution in [1.82, 2.24) is 10.3 Å². The zero-order valence-electron chi connectivity index (χ0n) is 8.95. The molecule has 1 saturated heterocycles. The van der Waals surface area contributed by atoms with E-state index >= 15 is 0 Å². The Kier molecular flexibility index (Phi) is 3.16. The quantitative estimate of drug-likeness (QED) is 0.766. The van der Waals surface area contributed by atoms with Crippen molar-refractivity contribution in [2.75, 3.05) is 6.54 Å². The monoisotopic (exact) mass is 208 g/mol. The normalized spacial score (nSPS) is 21.5. The smallest absolute Gasteiger partial charge is 0.196 e. The van der Waals surface area contributed by atoms with Gasteiger partial charge in [-0.1, -0.05) is 6.42 Å². The molecule has 2 heterocycles. The molecule has 1 fully saturated rings. The highest BCUT2D eigenvalue weighted by atomic mass is 16.4. The summed E-state index contributed by atoms with van der Waals surface area (Å²) in [6, 6.07) is 0.456. The van der Waals surface area contributed by atoms with E-state index in [9.17, 15) is 4.79 Å². The van der Waals surface area contributed by atoms with E-state index in [1.807, 2.05) is 0 Å². The summed E-state index contributed by atoms with van der Waals surface area (Å²) in [6.45, 7) is 2.56. The topological polar surface area (TPSA) is 55.1 Å². The molecule has 1 aromatic heterocycles. The molecular weight excluding hydrogens is 192 g/mol. The molecule has 4 nitrogen and oxygen atoms in total. The summed E-state index contributed by atoms with van der Waals surface area (Å²) >= 11 is 0. The van der Waals surface area contributed by atoms with Crippen molar-refractivity contribution in [1.29, 1.82) is 0 Å². The summed E-state index contributed by atoms with van der Waals surface area (Å²) in [5.74, 6) is 0.964. The summed E-state index contributed by atoms with van der Waals surface area (Å²) in [5.41, 5.74) is 0. The van der Waals surface area contributed by atoms with Crippen LogP contribution in [0.5, 0.6) is 0 Å². The minimum Gasteiger partial charge on any atom is -0.438 e. The fourth-order valence-corrected chi connectivity index (χ4v) is 1.88. The van der Waals surface area contributed by atoms with Crippen molar-refractivity contribution in [3.63, 3.8) is 0 Å². The summed E-state index contributed by atoms with van der Waals surface area (Å²) in [5, 5.41) is 3.42. The van der Waals surface area contributed by atoms with E-state index in [0.717, 1.165) is 19.4 Å². The lowest BCUT2D eigenvalue weighted by Gasteiger charge is -2.21. The van der Waals surface area contributed by atoms with Gasteiger partial charge < -0.3 is 9.73 Å². The molecule has 1 aromatic rings. The van der Waals surface area contributed by atoms with Crippen LogP contribution in [0.15, 0.2) is 10.6 Å². The molecule has 1 aliphatic rings. The van der Waals surface area contributed by atoms with Gasteiger partial charge in [0.2, 0.25) is 0 Å². The summed E-state index contributed by atoms with van der Waals surface area (Å²) < 4.78 is 5.35. The van der Waals surface area contributed by atoms with Gasteiger partial charge in [0.25, 0.3) is 0 Å². The average molecular weight is 208 g/mol. The van der Waals surface area contributed by atoms with Crippen LogP contribution in [0.4, 0.5) is 0 Å². The second-order valence-corrected chi connectivity index (χ2v) is 4.03. The lowest BCUT2D eigenvalue weighted by atomic mass is 10.0. The van der Waals surface area contributed by atoms with Gasteiger partial charge >= 0.3 is 0 Å². The predicted molar refractivity (Wildman–Crippen MR) is 55.9 cm³/mol. The lowest BCUT2D eigenvalue weighted by Crippen LogP contribution is -2.35. The highest BCUT2D eigenvalue weighted by Crippen LogP contribution is 2.13. The molecular formula is C11H16N2O2. The van der Waals surface area contributed by atoms with E-state index in [1.165, 1.54) is 26.0 Å². The Labute approximate surface area is 89.1 Å². The average Bonchev–Trinajstić information content (AvgIpc) is 2.68. The van der Waals surface area contributed by atoms with Crippen LogP contribution < -0.4 is 5.32 Å². The number of hydrogen-bond donors (Lipinski definition) is 1. The van der Waals surface area contributed by atoms with E-state index in [2.05, 4.69) is 10.3 Å². The number of piperidine rings is 1. The predicted octanol–water partition coefficient (Wildman–Crippen LogP) is 1.56. The first-order chi connectivity index (χ1) is 7.25. The molecule has 0 radical (unpaired) electrons. The number of oxazole rings is 1. The Morgan fingerprint density at radius 1 is 1.67 bits per heavy atom. The Morgan fingerprint density at radius 2 is 2.53 bits per heavy atom. The Balaban J connectivity index is 1.94. The minimum atomic E-state index is -0.0645. The van der Waals surface area contributed by atoms with Crippen LogP contribution in [0, 0.1) is 0 Å². The molecule has 1 N–H and O–H groups in total. The molecule has 2 rings (SSSR count). The van der Waals surface area contributed by atoms with Gasteiger partial charge in [0, 0.05) is 19.4 Å². The number of rotatable bonds is 3. The van der Waals surface area contributed by atoms with Gasteiger partial charge in [0.1, 0.15) is 0 Å². The number of Topliss-reactive ketones (excluding diaryl/α,β-unsaturated/α-hetero) is 1. The molecule has 4 heteroatoms. The van der Waals surface area contributed by atoms with Crippen molar-refractivity contribution in [2.24, 2.45) is 0 Å². The highest BCUT2D eigenvalue weighted by Gasteiger charge is 2.16. The fourth-order valence-electron chi connectivity index (χ4n) is 1.88.